The van der Waals surface area contributed by atoms with Crippen LogP contribution < -0.4 is 0 Å². The van der Waals surface area contributed by atoms with Gasteiger partial charge in [0.05, 0.1) is 5.69 Å². The number of benzene rings is 1. The van der Waals surface area contributed by atoms with E-state index >= 15 is 0 Å². The molecule has 2 aliphatic heterocycles. The fourth-order valence-corrected chi connectivity index (χ4v) is 5.91. The number of nitroso groups, excluding NO2 is 1. The van der Waals surface area contributed by atoms with Gasteiger partial charge in [-0.3, -0.25) is 9.69 Å². The molecule has 0 spiro atoms. The average Bonchev–Trinajstić information content (AvgIpc) is 3.20. The van der Waals surface area contributed by atoms with Crippen molar-refractivity contribution in [3.05, 3.63) is 58.5 Å². The minimum Gasteiger partial charge on any atom is -0.348 e. The molecular weight excluding hydrogens is 449 g/mol. The second kappa shape index (κ2) is 9.70. The van der Waals surface area contributed by atoms with Gasteiger partial charge in [0.1, 0.15) is 16.8 Å². The molecule has 0 saturated carbocycles. The molecule has 9 nitrogen and oxygen atoms in total. The van der Waals surface area contributed by atoms with Crippen LogP contribution in [0.15, 0.2) is 46.6 Å². The van der Waals surface area contributed by atoms with Gasteiger partial charge < -0.3 is 9.47 Å². The Balaban J connectivity index is 1.33. The van der Waals surface area contributed by atoms with E-state index in [0.29, 0.717) is 37.3 Å². The summed E-state index contributed by atoms with van der Waals surface area (Å²) in [5.41, 5.74) is 0.959. The van der Waals surface area contributed by atoms with Crippen LogP contribution in [-0.2, 0) is 16.6 Å². The lowest BCUT2D eigenvalue weighted by Gasteiger charge is -2.34. The maximum Gasteiger partial charge on any atom is 0.253 e. The molecule has 178 valence electrons. The number of nitrogens with zero attached hydrogens (tertiary/aromatic N) is 5. The molecule has 1 atom stereocenters. The van der Waals surface area contributed by atoms with Crippen LogP contribution in [0.2, 0.25) is 0 Å². The Hall–Kier alpha value is -2.63. The molecule has 0 bridgehead atoms. The Kier molecular flexibility index (Phi) is 6.91. The van der Waals surface area contributed by atoms with Crippen LogP contribution in [-0.4, -0.2) is 79.3 Å². The number of amides is 1. The van der Waals surface area contributed by atoms with Crippen LogP contribution in [0.1, 0.15) is 34.9 Å². The molecule has 2 aromatic rings. The number of aromatic nitrogens is 1. The van der Waals surface area contributed by atoms with Gasteiger partial charge in [-0.2, -0.15) is 4.91 Å². The quantitative estimate of drug-likeness (QED) is 0.595. The van der Waals surface area contributed by atoms with Gasteiger partial charge in [0, 0.05) is 58.1 Å². The zero-order valence-electron chi connectivity index (χ0n) is 18.6. The summed E-state index contributed by atoms with van der Waals surface area (Å²) in [6.07, 6.45) is 2.85. The van der Waals surface area contributed by atoms with E-state index in [4.69, 9.17) is 0 Å². The van der Waals surface area contributed by atoms with E-state index in [1.165, 1.54) is 35.6 Å². The Labute approximate surface area is 192 Å². The third-order valence-corrected chi connectivity index (χ3v) is 8.34. The number of sulfonamides is 1. The van der Waals surface area contributed by atoms with Crippen molar-refractivity contribution in [2.75, 3.05) is 46.3 Å². The molecule has 33 heavy (non-hydrogen) atoms. The van der Waals surface area contributed by atoms with Crippen molar-refractivity contribution in [3.63, 3.8) is 0 Å². The van der Waals surface area contributed by atoms with Gasteiger partial charge in [-0.1, -0.05) is 5.18 Å². The van der Waals surface area contributed by atoms with Gasteiger partial charge in [-0.25, -0.2) is 17.1 Å². The minimum absolute atomic E-state index is 0.0942. The third kappa shape index (κ3) is 4.85. The number of piperazine rings is 1. The predicted molar refractivity (Wildman–Crippen MR) is 121 cm³/mol. The van der Waals surface area contributed by atoms with E-state index in [1.54, 1.807) is 17.2 Å². The van der Waals surface area contributed by atoms with Crippen molar-refractivity contribution in [1.29, 1.82) is 0 Å². The molecule has 1 saturated heterocycles. The highest BCUT2D eigenvalue weighted by Crippen LogP contribution is 2.34. The number of fused-ring (bicyclic) bond motifs is 1. The van der Waals surface area contributed by atoms with Crippen LogP contribution in [0, 0.1) is 10.7 Å². The zero-order valence-corrected chi connectivity index (χ0v) is 19.4. The molecule has 11 heteroatoms. The van der Waals surface area contributed by atoms with E-state index in [9.17, 15) is 22.5 Å². The molecule has 4 rings (SSSR count). The van der Waals surface area contributed by atoms with Crippen molar-refractivity contribution in [2.24, 2.45) is 5.18 Å². The van der Waals surface area contributed by atoms with Crippen LogP contribution >= 0.6 is 0 Å². The lowest BCUT2D eigenvalue weighted by Crippen LogP contribution is -2.48. The standard InChI is InChI=1S/C22H28FN5O4S/c1-25-11-7-19(24-30)21-20(33(25,31)32)8-12-27(21)10-2-9-26-13-15-28(16-14-26)22(29)17-3-5-18(23)6-4-17/h3-6,8,12,19H,2,7,9-11,13-16H2,1H3. The summed E-state index contributed by atoms with van der Waals surface area (Å²) in [7, 11) is -2.10. The van der Waals surface area contributed by atoms with E-state index < -0.39 is 16.1 Å². The normalized spacial score (nSPS) is 21.4. The molecule has 0 radical (unpaired) electrons. The molecule has 0 aliphatic carbocycles. The highest BCUT2D eigenvalue weighted by molar-refractivity contribution is 7.89. The highest BCUT2D eigenvalue weighted by atomic mass is 32.2. The summed E-state index contributed by atoms with van der Waals surface area (Å²) in [5.74, 6) is -0.459. The first-order valence-electron chi connectivity index (χ1n) is 11.1. The Morgan fingerprint density at radius 1 is 1.06 bits per heavy atom. The summed E-state index contributed by atoms with van der Waals surface area (Å²) in [6.45, 7) is 4.28. The number of hydrogen-bond donors (Lipinski definition) is 0. The molecule has 3 heterocycles. The number of rotatable bonds is 6. The number of carbonyl (C=O) groups excluding carboxylic acids is 1. The van der Waals surface area contributed by atoms with Gasteiger partial charge in [0.15, 0.2) is 0 Å². The zero-order chi connectivity index (χ0) is 23.6. The number of halogens is 1. The largest absolute Gasteiger partial charge is 0.348 e. The van der Waals surface area contributed by atoms with E-state index in [2.05, 4.69) is 10.1 Å². The van der Waals surface area contributed by atoms with E-state index in [0.717, 1.165) is 26.1 Å². The number of carbonyl (C=O) groups is 1. The van der Waals surface area contributed by atoms with Gasteiger partial charge in [-0.15, -0.1) is 0 Å². The fourth-order valence-electron chi connectivity index (χ4n) is 4.48. The monoisotopic (exact) mass is 477 g/mol. The van der Waals surface area contributed by atoms with Gasteiger partial charge >= 0.3 is 0 Å². The Bertz CT molecular complexity index is 1110. The summed E-state index contributed by atoms with van der Waals surface area (Å²) < 4.78 is 41.7. The molecule has 0 N–H and O–H groups in total. The van der Waals surface area contributed by atoms with Crippen LogP contribution in [0.25, 0.3) is 0 Å². The Morgan fingerprint density at radius 3 is 2.42 bits per heavy atom. The summed E-state index contributed by atoms with van der Waals surface area (Å²) in [6, 6.07) is 6.46. The lowest BCUT2D eigenvalue weighted by atomic mass is 10.1. The molecule has 1 fully saturated rings. The molecule has 1 aromatic heterocycles. The molecule has 1 unspecified atom stereocenters. The molecule has 1 aromatic carbocycles. The van der Waals surface area contributed by atoms with Gasteiger partial charge in [0.25, 0.3) is 5.91 Å². The van der Waals surface area contributed by atoms with Crippen molar-refractivity contribution in [3.8, 4) is 0 Å². The van der Waals surface area contributed by atoms with E-state index in [-0.39, 0.29) is 23.2 Å². The van der Waals surface area contributed by atoms with Crippen LogP contribution in [0.3, 0.4) is 0 Å². The van der Waals surface area contributed by atoms with Crippen molar-refractivity contribution in [1.82, 2.24) is 18.7 Å². The predicted octanol–water partition coefficient (Wildman–Crippen LogP) is 2.31. The van der Waals surface area contributed by atoms with Gasteiger partial charge in [0.2, 0.25) is 10.0 Å². The molecular formula is C22H28FN5O4S. The Morgan fingerprint density at radius 2 is 1.76 bits per heavy atom. The molecule has 1 amide bonds. The summed E-state index contributed by atoms with van der Waals surface area (Å²) in [4.78, 5) is 28.2. The average molecular weight is 478 g/mol. The first-order valence-corrected chi connectivity index (χ1v) is 12.5. The first kappa shape index (κ1) is 23.5. The van der Waals surface area contributed by atoms with Crippen LogP contribution in [0.4, 0.5) is 4.39 Å². The second-order valence-corrected chi connectivity index (χ2v) is 10.5. The maximum absolute atomic E-state index is 13.1. The SMILES string of the molecule is CN1CCC(N=O)c2c(ccn2CCCN2CCN(C(=O)c3ccc(F)cc3)CC2)S1(=O)=O. The maximum atomic E-state index is 13.1. The minimum atomic E-state index is -3.62. The fraction of sp³-hybridized carbons (Fsp3) is 0.500. The second-order valence-electron chi connectivity index (χ2n) is 8.49. The van der Waals surface area contributed by atoms with Gasteiger partial charge in [-0.05, 0) is 49.7 Å². The number of hydrogen-bond acceptors (Lipinski definition) is 6. The topological polar surface area (TPSA) is 95.3 Å². The van der Waals surface area contributed by atoms with E-state index in [1.807, 2.05) is 4.57 Å². The van der Waals surface area contributed by atoms with Crippen molar-refractivity contribution in [2.45, 2.75) is 30.3 Å². The first-order chi connectivity index (χ1) is 15.8. The number of aryl methyl sites for hydroxylation is 1. The smallest absolute Gasteiger partial charge is 0.253 e. The van der Waals surface area contributed by atoms with Crippen LogP contribution in [0.5, 0.6) is 0 Å². The molecule has 2 aliphatic rings. The van der Waals surface area contributed by atoms with Crippen molar-refractivity contribution >= 4 is 15.9 Å². The third-order valence-electron chi connectivity index (χ3n) is 6.44. The van der Waals surface area contributed by atoms with Crippen molar-refractivity contribution < 1.29 is 17.6 Å². The summed E-state index contributed by atoms with van der Waals surface area (Å²) in [5, 5.41) is 3.20. The lowest BCUT2D eigenvalue weighted by molar-refractivity contribution is 0.0634. The highest BCUT2D eigenvalue weighted by Gasteiger charge is 2.35. The summed E-state index contributed by atoms with van der Waals surface area (Å²) >= 11 is 0.